The van der Waals surface area contributed by atoms with Gasteiger partial charge in [-0.1, -0.05) is 6.92 Å². The van der Waals surface area contributed by atoms with Crippen LogP contribution in [0, 0.1) is 0 Å². The fraction of sp³-hybridized carbons (Fsp3) is 0.833. The number of carboxylic acids is 1. The highest BCUT2D eigenvalue weighted by Crippen LogP contribution is 2.08. The van der Waals surface area contributed by atoms with Gasteiger partial charge in [0, 0.05) is 26.2 Å². The molecule has 110 valence electrons. The molecule has 2 N–H and O–H groups in total. The van der Waals surface area contributed by atoms with Crippen LogP contribution in [0.1, 0.15) is 13.3 Å². The van der Waals surface area contributed by atoms with E-state index in [0.717, 1.165) is 13.1 Å². The highest BCUT2D eigenvalue weighted by atomic mass is 16.5. The summed E-state index contributed by atoms with van der Waals surface area (Å²) in [5.74, 6) is -0.906. The minimum absolute atomic E-state index is 0.0671. The van der Waals surface area contributed by atoms with Crippen LogP contribution in [0.5, 0.6) is 0 Å². The molecule has 0 aromatic carbocycles. The Morgan fingerprint density at radius 2 is 2.26 bits per heavy atom. The number of morpholine rings is 1. The largest absolute Gasteiger partial charge is 0.481 e. The van der Waals surface area contributed by atoms with Crippen molar-refractivity contribution in [2.45, 2.75) is 19.4 Å². The van der Waals surface area contributed by atoms with Crippen molar-refractivity contribution in [2.75, 3.05) is 46.4 Å². The number of hydrogen-bond donors (Lipinski definition) is 2. The van der Waals surface area contributed by atoms with E-state index in [0.29, 0.717) is 26.2 Å². The normalized spacial score (nSPS) is 19.5. The molecule has 1 atom stereocenters. The van der Waals surface area contributed by atoms with Gasteiger partial charge in [-0.05, 0) is 13.6 Å². The van der Waals surface area contributed by atoms with Crippen molar-refractivity contribution >= 4 is 12.0 Å². The monoisotopic (exact) mass is 273 g/mol. The minimum atomic E-state index is -0.906. The zero-order chi connectivity index (χ0) is 14.3. The maximum absolute atomic E-state index is 11.9. The Morgan fingerprint density at radius 1 is 1.53 bits per heavy atom. The Kier molecular flexibility index (Phi) is 6.58. The number of likely N-dealkylation sites (N-methyl/N-ethyl adjacent to an activating group) is 1. The summed E-state index contributed by atoms with van der Waals surface area (Å²) in [5.41, 5.74) is 0. The van der Waals surface area contributed by atoms with Crippen LogP contribution in [0.25, 0.3) is 0 Å². The number of urea groups is 1. The van der Waals surface area contributed by atoms with Crippen LogP contribution >= 0.6 is 0 Å². The third-order valence-corrected chi connectivity index (χ3v) is 3.14. The molecule has 0 bridgehead atoms. The van der Waals surface area contributed by atoms with Crippen LogP contribution in [0.2, 0.25) is 0 Å². The molecule has 2 amide bonds. The van der Waals surface area contributed by atoms with Crippen molar-refractivity contribution in [1.29, 1.82) is 0 Å². The van der Waals surface area contributed by atoms with Gasteiger partial charge in [-0.25, -0.2) is 4.79 Å². The Labute approximate surface area is 113 Å². The molecule has 7 nitrogen and oxygen atoms in total. The number of carbonyl (C=O) groups excluding carboxylic acids is 1. The van der Waals surface area contributed by atoms with Crippen LogP contribution < -0.4 is 5.32 Å². The number of nitrogens with zero attached hydrogens (tertiary/aromatic N) is 2. The molecule has 1 heterocycles. The van der Waals surface area contributed by atoms with Crippen LogP contribution in [0.4, 0.5) is 4.79 Å². The number of hydrogen-bond acceptors (Lipinski definition) is 4. The van der Waals surface area contributed by atoms with Crippen molar-refractivity contribution < 1.29 is 19.4 Å². The first kappa shape index (κ1) is 15.7. The number of ether oxygens (including phenoxy) is 1. The van der Waals surface area contributed by atoms with E-state index in [2.05, 4.69) is 17.1 Å². The van der Waals surface area contributed by atoms with Crippen LogP contribution in [-0.2, 0) is 9.53 Å². The van der Waals surface area contributed by atoms with Crippen molar-refractivity contribution in [1.82, 2.24) is 15.1 Å². The van der Waals surface area contributed by atoms with E-state index >= 15 is 0 Å². The second-order valence-corrected chi connectivity index (χ2v) is 4.66. The van der Waals surface area contributed by atoms with Gasteiger partial charge in [-0.3, -0.25) is 4.79 Å². The lowest BCUT2D eigenvalue weighted by atomic mass is 10.2. The zero-order valence-electron chi connectivity index (χ0n) is 11.6. The van der Waals surface area contributed by atoms with E-state index in [9.17, 15) is 9.59 Å². The molecule has 1 rings (SSSR count). The maximum Gasteiger partial charge on any atom is 0.317 e. The van der Waals surface area contributed by atoms with Gasteiger partial charge in [0.2, 0.25) is 0 Å². The number of carboxylic acid groups (broad SMARTS) is 1. The van der Waals surface area contributed by atoms with Crippen molar-refractivity contribution in [3.63, 3.8) is 0 Å². The SMILES string of the molecule is CCN(C)CCNC(=O)N1CCOC(CC(=O)O)C1. The predicted octanol–water partition coefficient (Wildman–Crippen LogP) is -0.177. The molecule has 19 heavy (non-hydrogen) atoms. The van der Waals surface area contributed by atoms with Gasteiger partial charge in [-0.2, -0.15) is 0 Å². The average molecular weight is 273 g/mol. The van der Waals surface area contributed by atoms with E-state index in [1.54, 1.807) is 4.90 Å². The highest BCUT2D eigenvalue weighted by Gasteiger charge is 2.25. The summed E-state index contributed by atoms with van der Waals surface area (Å²) in [6.07, 6.45) is -0.474. The van der Waals surface area contributed by atoms with Crippen molar-refractivity contribution in [3.05, 3.63) is 0 Å². The Hall–Kier alpha value is -1.34. The first-order valence-electron chi connectivity index (χ1n) is 6.57. The molecule has 1 aliphatic rings. The molecule has 0 aliphatic carbocycles. The maximum atomic E-state index is 11.9. The van der Waals surface area contributed by atoms with Crippen molar-refractivity contribution in [2.24, 2.45) is 0 Å². The summed E-state index contributed by atoms with van der Waals surface area (Å²) in [6.45, 7) is 5.61. The molecule has 0 radical (unpaired) electrons. The van der Waals surface area contributed by atoms with E-state index in [4.69, 9.17) is 9.84 Å². The quantitative estimate of drug-likeness (QED) is 0.702. The van der Waals surface area contributed by atoms with Gasteiger partial charge < -0.3 is 25.0 Å². The summed E-state index contributed by atoms with van der Waals surface area (Å²) >= 11 is 0. The number of aliphatic carboxylic acids is 1. The smallest absolute Gasteiger partial charge is 0.317 e. The summed E-state index contributed by atoms with van der Waals surface area (Å²) in [7, 11) is 1.99. The number of carbonyl (C=O) groups is 2. The Balaban J connectivity index is 2.29. The summed E-state index contributed by atoms with van der Waals surface area (Å²) < 4.78 is 5.32. The van der Waals surface area contributed by atoms with Crippen molar-refractivity contribution in [3.8, 4) is 0 Å². The predicted molar refractivity (Wildman–Crippen MR) is 70.1 cm³/mol. The molecule has 1 aliphatic heterocycles. The lowest BCUT2D eigenvalue weighted by Crippen LogP contribution is -2.50. The molecule has 1 saturated heterocycles. The van der Waals surface area contributed by atoms with Crippen LogP contribution in [-0.4, -0.2) is 79.4 Å². The first-order valence-corrected chi connectivity index (χ1v) is 6.57. The summed E-state index contributed by atoms with van der Waals surface area (Å²) in [5, 5.41) is 11.5. The topological polar surface area (TPSA) is 82.1 Å². The average Bonchev–Trinajstić information content (AvgIpc) is 2.37. The lowest BCUT2D eigenvalue weighted by molar-refractivity contribution is -0.141. The molecule has 0 aromatic rings. The molecule has 7 heteroatoms. The Bertz CT molecular complexity index is 311. The zero-order valence-corrected chi connectivity index (χ0v) is 11.6. The minimum Gasteiger partial charge on any atom is -0.481 e. The highest BCUT2D eigenvalue weighted by molar-refractivity contribution is 5.74. The summed E-state index contributed by atoms with van der Waals surface area (Å²) in [4.78, 5) is 26.2. The molecule has 1 fully saturated rings. The lowest BCUT2D eigenvalue weighted by Gasteiger charge is -2.32. The summed E-state index contributed by atoms with van der Waals surface area (Å²) in [6, 6.07) is -0.150. The number of amides is 2. The van der Waals surface area contributed by atoms with Gasteiger partial charge in [0.25, 0.3) is 0 Å². The molecule has 1 unspecified atom stereocenters. The Morgan fingerprint density at radius 3 is 2.89 bits per heavy atom. The van der Waals surface area contributed by atoms with E-state index in [-0.39, 0.29) is 12.5 Å². The third-order valence-electron chi connectivity index (χ3n) is 3.14. The fourth-order valence-corrected chi connectivity index (χ4v) is 1.85. The number of rotatable bonds is 6. The number of nitrogens with one attached hydrogen (secondary N) is 1. The standard InChI is InChI=1S/C12H23N3O4/c1-3-14(2)5-4-13-12(18)15-6-7-19-10(9-15)8-11(16)17/h10H,3-9H2,1-2H3,(H,13,18)(H,16,17). The van der Waals surface area contributed by atoms with Gasteiger partial charge in [-0.15, -0.1) is 0 Å². The molecule has 0 saturated carbocycles. The molecule has 0 aromatic heterocycles. The fourth-order valence-electron chi connectivity index (χ4n) is 1.85. The molecular formula is C12H23N3O4. The second-order valence-electron chi connectivity index (χ2n) is 4.66. The molecular weight excluding hydrogens is 250 g/mol. The van der Waals surface area contributed by atoms with Gasteiger partial charge >= 0.3 is 12.0 Å². The van der Waals surface area contributed by atoms with Crippen LogP contribution in [0.3, 0.4) is 0 Å². The first-order chi connectivity index (χ1) is 9.02. The van der Waals surface area contributed by atoms with E-state index in [1.165, 1.54) is 0 Å². The molecule has 0 spiro atoms. The third kappa shape index (κ3) is 5.89. The van der Waals surface area contributed by atoms with Gasteiger partial charge in [0.05, 0.1) is 19.1 Å². The van der Waals surface area contributed by atoms with Gasteiger partial charge in [0.15, 0.2) is 0 Å². The second kappa shape index (κ2) is 7.96. The van der Waals surface area contributed by atoms with E-state index in [1.807, 2.05) is 7.05 Å². The van der Waals surface area contributed by atoms with E-state index < -0.39 is 12.1 Å². The van der Waals surface area contributed by atoms with Gasteiger partial charge in [0.1, 0.15) is 0 Å². The van der Waals surface area contributed by atoms with Crippen LogP contribution in [0.15, 0.2) is 0 Å².